The highest BCUT2D eigenvalue weighted by molar-refractivity contribution is 8.00. The molecule has 1 aromatic heterocycles. The van der Waals surface area contributed by atoms with E-state index in [2.05, 4.69) is 15.4 Å². The first-order valence-corrected chi connectivity index (χ1v) is 6.30. The first-order chi connectivity index (χ1) is 6.74. The fourth-order valence-corrected chi connectivity index (χ4v) is 3.21. The Kier molecular flexibility index (Phi) is 2.75. The van der Waals surface area contributed by atoms with Crippen LogP contribution in [0.3, 0.4) is 0 Å². The first-order valence-electron chi connectivity index (χ1n) is 4.54. The second kappa shape index (κ2) is 3.87. The zero-order valence-electron chi connectivity index (χ0n) is 7.99. The van der Waals surface area contributed by atoms with Crippen LogP contribution in [-0.4, -0.2) is 15.1 Å². The summed E-state index contributed by atoms with van der Waals surface area (Å²) in [5.41, 5.74) is 0.305. The van der Waals surface area contributed by atoms with Gasteiger partial charge in [-0.3, -0.25) is 0 Å². The normalized spacial score (nSPS) is 17.7. The monoisotopic (exact) mass is 225 g/mol. The van der Waals surface area contributed by atoms with Crippen molar-refractivity contribution in [2.75, 3.05) is 5.75 Å². The van der Waals surface area contributed by atoms with Crippen LogP contribution in [0.25, 0.3) is 0 Å². The van der Waals surface area contributed by atoms with Crippen molar-refractivity contribution in [1.82, 2.24) is 9.36 Å². The summed E-state index contributed by atoms with van der Waals surface area (Å²) in [6.45, 7) is 1.91. The van der Waals surface area contributed by atoms with E-state index in [0.29, 0.717) is 11.8 Å². The van der Waals surface area contributed by atoms with Crippen LogP contribution >= 0.6 is 23.3 Å². The topological polar surface area (TPSA) is 49.6 Å². The second-order valence-corrected chi connectivity index (χ2v) is 5.71. The van der Waals surface area contributed by atoms with Gasteiger partial charge in [0.25, 0.3) is 0 Å². The fraction of sp³-hybridized carbons (Fsp3) is 0.667. The summed E-state index contributed by atoms with van der Waals surface area (Å²) in [5, 5.41) is 8.66. The molecule has 1 fully saturated rings. The van der Waals surface area contributed by atoms with Crippen molar-refractivity contribution in [3.63, 3.8) is 0 Å². The number of hydrogen-bond donors (Lipinski definition) is 0. The number of nitriles is 1. The van der Waals surface area contributed by atoms with Gasteiger partial charge in [-0.1, -0.05) is 11.8 Å². The first kappa shape index (κ1) is 9.94. The molecule has 1 aliphatic rings. The molecule has 0 unspecified atom stereocenters. The molecule has 0 aromatic carbocycles. The van der Waals surface area contributed by atoms with Crippen LogP contribution in [0.5, 0.6) is 0 Å². The van der Waals surface area contributed by atoms with E-state index in [9.17, 15) is 0 Å². The highest BCUT2D eigenvalue weighted by atomic mass is 32.2. The van der Waals surface area contributed by atoms with Gasteiger partial charge in [0.05, 0.1) is 6.07 Å². The van der Waals surface area contributed by atoms with Crippen LogP contribution in [0.4, 0.5) is 0 Å². The van der Waals surface area contributed by atoms with E-state index in [-0.39, 0.29) is 0 Å². The SMILES string of the molecule is Cc1nsc(SCC2(CC#N)CC2)n1. The summed E-state index contributed by atoms with van der Waals surface area (Å²) in [7, 11) is 0. The van der Waals surface area contributed by atoms with Crippen molar-refractivity contribution in [2.45, 2.75) is 30.5 Å². The molecule has 1 aromatic rings. The minimum Gasteiger partial charge on any atom is -0.213 e. The zero-order valence-corrected chi connectivity index (χ0v) is 9.62. The molecule has 5 heteroatoms. The third kappa shape index (κ3) is 2.25. The highest BCUT2D eigenvalue weighted by Crippen LogP contribution is 2.51. The van der Waals surface area contributed by atoms with Gasteiger partial charge in [0.15, 0.2) is 4.34 Å². The van der Waals surface area contributed by atoms with Gasteiger partial charge in [0.1, 0.15) is 5.82 Å². The standard InChI is InChI=1S/C9H11N3S2/c1-7-11-8(14-12-7)13-6-9(2-3-9)4-5-10/h2-4,6H2,1H3. The molecular formula is C9H11N3S2. The maximum atomic E-state index is 8.66. The number of aromatic nitrogens is 2. The lowest BCUT2D eigenvalue weighted by molar-refractivity contribution is 0.604. The van der Waals surface area contributed by atoms with Gasteiger partial charge >= 0.3 is 0 Å². The molecule has 1 saturated carbocycles. The molecule has 2 rings (SSSR count). The van der Waals surface area contributed by atoms with E-state index in [4.69, 9.17) is 5.26 Å². The van der Waals surface area contributed by atoms with E-state index < -0.39 is 0 Å². The second-order valence-electron chi connectivity index (χ2n) is 3.73. The van der Waals surface area contributed by atoms with E-state index >= 15 is 0 Å². The van der Waals surface area contributed by atoms with Crippen LogP contribution in [0, 0.1) is 23.7 Å². The molecule has 74 valence electrons. The number of thioether (sulfide) groups is 1. The van der Waals surface area contributed by atoms with Crippen molar-refractivity contribution in [3.8, 4) is 6.07 Å². The Morgan fingerprint density at radius 2 is 2.43 bits per heavy atom. The molecule has 0 atom stereocenters. The Balaban J connectivity index is 1.86. The highest BCUT2D eigenvalue weighted by Gasteiger charge is 2.42. The number of rotatable bonds is 4. The van der Waals surface area contributed by atoms with E-state index in [1.165, 1.54) is 24.4 Å². The van der Waals surface area contributed by atoms with Gasteiger partial charge in [-0.25, -0.2) is 4.98 Å². The van der Waals surface area contributed by atoms with Crippen LogP contribution in [0.15, 0.2) is 4.34 Å². The van der Waals surface area contributed by atoms with Gasteiger partial charge < -0.3 is 0 Å². The van der Waals surface area contributed by atoms with Crippen molar-refractivity contribution in [1.29, 1.82) is 5.26 Å². The van der Waals surface area contributed by atoms with Crippen molar-refractivity contribution in [2.24, 2.45) is 5.41 Å². The lowest BCUT2D eigenvalue weighted by Crippen LogP contribution is -2.02. The van der Waals surface area contributed by atoms with E-state index in [1.54, 1.807) is 11.8 Å². The summed E-state index contributed by atoms with van der Waals surface area (Å²) in [6.07, 6.45) is 3.09. The molecule has 0 bridgehead atoms. The van der Waals surface area contributed by atoms with Crippen LogP contribution < -0.4 is 0 Å². The van der Waals surface area contributed by atoms with Crippen LogP contribution in [-0.2, 0) is 0 Å². The molecule has 0 saturated heterocycles. The van der Waals surface area contributed by atoms with E-state index in [1.807, 2.05) is 6.92 Å². The fourth-order valence-electron chi connectivity index (χ4n) is 1.27. The smallest absolute Gasteiger partial charge is 0.170 e. The molecular weight excluding hydrogens is 214 g/mol. The Bertz CT molecular complexity index is 362. The Morgan fingerprint density at radius 3 is 2.93 bits per heavy atom. The summed E-state index contributed by atoms with van der Waals surface area (Å²) < 4.78 is 5.16. The maximum absolute atomic E-state index is 8.66. The lowest BCUT2D eigenvalue weighted by Gasteiger charge is -2.07. The molecule has 0 spiro atoms. The average molecular weight is 225 g/mol. The molecule has 3 nitrogen and oxygen atoms in total. The molecule has 1 heterocycles. The minimum absolute atomic E-state index is 0.305. The maximum Gasteiger partial charge on any atom is 0.170 e. The Hall–Kier alpha value is -0.600. The van der Waals surface area contributed by atoms with Crippen molar-refractivity contribution < 1.29 is 0 Å². The van der Waals surface area contributed by atoms with Gasteiger partial charge in [-0.05, 0) is 36.7 Å². The quantitative estimate of drug-likeness (QED) is 0.739. The average Bonchev–Trinajstić information content (AvgIpc) is 2.80. The third-order valence-corrected chi connectivity index (χ3v) is 4.70. The van der Waals surface area contributed by atoms with Gasteiger partial charge in [-0.2, -0.15) is 9.64 Å². The summed E-state index contributed by atoms with van der Waals surface area (Å²) >= 11 is 3.20. The number of aryl methyl sites for hydroxylation is 1. The largest absolute Gasteiger partial charge is 0.213 e. The summed E-state index contributed by atoms with van der Waals surface area (Å²) in [5.74, 6) is 1.87. The molecule has 14 heavy (non-hydrogen) atoms. The van der Waals surface area contributed by atoms with Crippen LogP contribution in [0.2, 0.25) is 0 Å². The summed E-state index contributed by atoms with van der Waals surface area (Å²) in [6, 6.07) is 2.27. The van der Waals surface area contributed by atoms with Gasteiger partial charge in [-0.15, -0.1) is 0 Å². The summed E-state index contributed by atoms with van der Waals surface area (Å²) in [4.78, 5) is 4.29. The molecule has 0 N–H and O–H groups in total. The third-order valence-electron chi connectivity index (χ3n) is 2.42. The molecule has 0 radical (unpaired) electrons. The zero-order chi connectivity index (χ0) is 10.0. The number of nitrogens with zero attached hydrogens (tertiary/aromatic N) is 3. The van der Waals surface area contributed by atoms with Crippen molar-refractivity contribution in [3.05, 3.63) is 5.82 Å². The number of hydrogen-bond acceptors (Lipinski definition) is 5. The van der Waals surface area contributed by atoms with Gasteiger partial charge in [0, 0.05) is 12.2 Å². The molecule has 1 aliphatic carbocycles. The molecule has 0 amide bonds. The Labute approximate surface area is 91.7 Å². The molecule has 0 aliphatic heterocycles. The van der Waals surface area contributed by atoms with Gasteiger partial charge in [0.2, 0.25) is 0 Å². The lowest BCUT2D eigenvalue weighted by atomic mass is 10.1. The Morgan fingerprint density at radius 1 is 1.64 bits per heavy atom. The van der Waals surface area contributed by atoms with Crippen molar-refractivity contribution >= 4 is 23.3 Å². The predicted octanol–water partition coefficient (Wildman–Crippen LogP) is 2.63. The van der Waals surface area contributed by atoms with E-state index in [0.717, 1.165) is 15.9 Å². The predicted molar refractivity (Wildman–Crippen MR) is 57.3 cm³/mol. The minimum atomic E-state index is 0.305. The van der Waals surface area contributed by atoms with Crippen LogP contribution in [0.1, 0.15) is 25.1 Å².